The van der Waals surface area contributed by atoms with E-state index < -0.39 is 17.4 Å². The van der Waals surface area contributed by atoms with Crippen molar-refractivity contribution in [3.63, 3.8) is 0 Å². The molecule has 0 saturated heterocycles. The zero-order chi connectivity index (χ0) is 15.5. The Kier molecular flexibility index (Phi) is 4.27. The van der Waals surface area contributed by atoms with Gasteiger partial charge in [0.05, 0.1) is 11.6 Å². The zero-order valence-corrected chi connectivity index (χ0v) is 11.9. The average molecular weight is 286 g/mol. The van der Waals surface area contributed by atoms with Crippen LogP contribution in [0.25, 0.3) is 0 Å². The molecule has 1 aliphatic carbocycles. The van der Waals surface area contributed by atoms with Crippen molar-refractivity contribution in [2.75, 3.05) is 0 Å². The van der Waals surface area contributed by atoms with Gasteiger partial charge in [0, 0.05) is 5.56 Å². The van der Waals surface area contributed by atoms with E-state index in [0.29, 0.717) is 24.0 Å². The second kappa shape index (κ2) is 5.96. The second-order valence-corrected chi connectivity index (χ2v) is 5.73. The Bertz CT molecular complexity index is 589. The number of nitriles is 1. The standard InChI is InChI=1S/C16H18N2O3/c1-11-3-2-8-16(9-11,15(20)21)18-14(19)13-6-4-12(10-17)5-7-13/h4-7,11H,2-3,8-9H2,1H3,(H,18,19)(H,20,21). The number of carbonyl (C=O) groups excluding carboxylic acids is 1. The average Bonchev–Trinajstić information content (AvgIpc) is 2.47. The van der Waals surface area contributed by atoms with Crippen LogP contribution in [0.15, 0.2) is 24.3 Å². The van der Waals surface area contributed by atoms with Crippen LogP contribution in [-0.4, -0.2) is 22.5 Å². The van der Waals surface area contributed by atoms with Crippen LogP contribution in [-0.2, 0) is 4.79 Å². The monoisotopic (exact) mass is 286 g/mol. The Labute approximate surface area is 123 Å². The maximum Gasteiger partial charge on any atom is 0.329 e. The molecule has 0 radical (unpaired) electrons. The van der Waals surface area contributed by atoms with Gasteiger partial charge in [-0.2, -0.15) is 5.26 Å². The van der Waals surface area contributed by atoms with Crippen molar-refractivity contribution in [3.8, 4) is 6.07 Å². The molecule has 1 amide bonds. The molecule has 5 heteroatoms. The van der Waals surface area contributed by atoms with Gasteiger partial charge in [-0.3, -0.25) is 4.79 Å². The van der Waals surface area contributed by atoms with Gasteiger partial charge in [-0.25, -0.2) is 4.79 Å². The maximum atomic E-state index is 12.3. The van der Waals surface area contributed by atoms with E-state index in [4.69, 9.17) is 5.26 Å². The van der Waals surface area contributed by atoms with E-state index in [-0.39, 0.29) is 5.92 Å². The lowest BCUT2D eigenvalue weighted by molar-refractivity contribution is -0.146. The summed E-state index contributed by atoms with van der Waals surface area (Å²) in [5.74, 6) is -1.11. The highest BCUT2D eigenvalue weighted by Crippen LogP contribution is 2.32. The van der Waals surface area contributed by atoms with Gasteiger partial charge in [0.1, 0.15) is 5.54 Å². The third-order valence-electron chi connectivity index (χ3n) is 4.04. The summed E-state index contributed by atoms with van der Waals surface area (Å²) in [5.41, 5.74) is -0.346. The quantitative estimate of drug-likeness (QED) is 0.892. The fraction of sp³-hybridized carbons (Fsp3) is 0.438. The molecule has 110 valence electrons. The first kappa shape index (κ1) is 15.0. The highest BCUT2D eigenvalue weighted by atomic mass is 16.4. The van der Waals surface area contributed by atoms with Crippen molar-refractivity contribution in [3.05, 3.63) is 35.4 Å². The summed E-state index contributed by atoms with van der Waals surface area (Å²) in [5, 5.41) is 21.0. The first-order valence-corrected chi connectivity index (χ1v) is 7.03. The normalized spacial score (nSPS) is 24.9. The van der Waals surface area contributed by atoms with E-state index in [1.54, 1.807) is 12.1 Å². The highest BCUT2D eigenvalue weighted by Gasteiger charge is 2.43. The molecular weight excluding hydrogens is 268 g/mol. The molecule has 1 fully saturated rings. The minimum Gasteiger partial charge on any atom is -0.480 e. The number of nitrogens with zero attached hydrogens (tertiary/aromatic N) is 1. The van der Waals surface area contributed by atoms with Gasteiger partial charge in [0.25, 0.3) is 5.91 Å². The number of hydrogen-bond acceptors (Lipinski definition) is 3. The maximum absolute atomic E-state index is 12.3. The van der Waals surface area contributed by atoms with E-state index in [1.165, 1.54) is 12.1 Å². The lowest BCUT2D eigenvalue weighted by Crippen LogP contribution is -2.56. The largest absolute Gasteiger partial charge is 0.480 e. The Morgan fingerprint density at radius 3 is 2.57 bits per heavy atom. The molecular formula is C16H18N2O3. The van der Waals surface area contributed by atoms with E-state index in [2.05, 4.69) is 5.32 Å². The number of nitrogens with one attached hydrogen (secondary N) is 1. The Hall–Kier alpha value is -2.35. The summed E-state index contributed by atoms with van der Waals surface area (Å²) in [6.45, 7) is 2.00. The van der Waals surface area contributed by atoms with Gasteiger partial charge in [0.2, 0.25) is 0 Å². The topological polar surface area (TPSA) is 90.2 Å². The predicted molar refractivity (Wildman–Crippen MR) is 76.6 cm³/mol. The first-order chi connectivity index (χ1) is 9.97. The van der Waals surface area contributed by atoms with Gasteiger partial charge in [-0.05, 0) is 43.0 Å². The van der Waals surface area contributed by atoms with Crippen LogP contribution in [0.5, 0.6) is 0 Å². The van der Waals surface area contributed by atoms with E-state index in [0.717, 1.165) is 12.8 Å². The minimum atomic E-state index is -1.18. The molecule has 1 aliphatic rings. The smallest absolute Gasteiger partial charge is 0.329 e. The van der Waals surface area contributed by atoms with Gasteiger partial charge >= 0.3 is 5.97 Å². The van der Waals surface area contributed by atoms with Crippen molar-refractivity contribution >= 4 is 11.9 Å². The van der Waals surface area contributed by atoms with Crippen LogP contribution < -0.4 is 5.32 Å². The molecule has 0 bridgehead atoms. The van der Waals surface area contributed by atoms with Gasteiger partial charge < -0.3 is 10.4 Å². The summed E-state index contributed by atoms with van der Waals surface area (Å²) < 4.78 is 0. The summed E-state index contributed by atoms with van der Waals surface area (Å²) in [7, 11) is 0. The lowest BCUT2D eigenvalue weighted by atomic mass is 9.76. The fourth-order valence-electron chi connectivity index (χ4n) is 2.90. The molecule has 1 saturated carbocycles. The Morgan fingerprint density at radius 2 is 2.05 bits per heavy atom. The third-order valence-corrected chi connectivity index (χ3v) is 4.04. The number of carboxylic acid groups (broad SMARTS) is 1. The van der Waals surface area contributed by atoms with Crippen LogP contribution in [0.1, 0.15) is 48.5 Å². The van der Waals surface area contributed by atoms with Crippen molar-refractivity contribution in [1.29, 1.82) is 5.26 Å². The van der Waals surface area contributed by atoms with Crippen LogP contribution in [0.2, 0.25) is 0 Å². The summed E-state index contributed by atoms with van der Waals surface area (Å²) in [6, 6.07) is 8.15. The van der Waals surface area contributed by atoms with Crippen molar-refractivity contribution in [2.45, 2.75) is 38.1 Å². The molecule has 0 heterocycles. The van der Waals surface area contributed by atoms with E-state index >= 15 is 0 Å². The van der Waals surface area contributed by atoms with Crippen LogP contribution >= 0.6 is 0 Å². The number of aliphatic carboxylic acids is 1. The molecule has 2 N–H and O–H groups in total. The SMILES string of the molecule is CC1CCCC(NC(=O)c2ccc(C#N)cc2)(C(=O)O)C1. The van der Waals surface area contributed by atoms with Crippen LogP contribution in [0.3, 0.4) is 0 Å². The summed E-state index contributed by atoms with van der Waals surface area (Å²) in [4.78, 5) is 23.9. The lowest BCUT2D eigenvalue weighted by Gasteiger charge is -2.37. The van der Waals surface area contributed by atoms with Crippen LogP contribution in [0.4, 0.5) is 0 Å². The Balaban J connectivity index is 2.18. The second-order valence-electron chi connectivity index (χ2n) is 5.73. The molecule has 2 atom stereocenters. The summed E-state index contributed by atoms with van der Waals surface area (Å²) in [6.07, 6.45) is 2.68. The first-order valence-electron chi connectivity index (χ1n) is 7.03. The minimum absolute atomic E-state index is 0.274. The van der Waals surface area contributed by atoms with Gasteiger partial charge in [0.15, 0.2) is 0 Å². The molecule has 2 rings (SSSR count). The zero-order valence-electron chi connectivity index (χ0n) is 11.9. The fourth-order valence-corrected chi connectivity index (χ4v) is 2.90. The van der Waals surface area contributed by atoms with Crippen molar-refractivity contribution in [1.82, 2.24) is 5.32 Å². The molecule has 21 heavy (non-hydrogen) atoms. The number of rotatable bonds is 3. The number of carboxylic acids is 1. The number of benzene rings is 1. The molecule has 0 aromatic heterocycles. The molecule has 0 aliphatic heterocycles. The third kappa shape index (κ3) is 3.22. The molecule has 1 aromatic carbocycles. The van der Waals surface area contributed by atoms with Gasteiger partial charge in [-0.15, -0.1) is 0 Å². The highest BCUT2D eigenvalue weighted by molar-refractivity contribution is 5.98. The van der Waals surface area contributed by atoms with E-state index in [1.807, 2.05) is 13.0 Å². The molecule has 2 unspecified atom stereocenters. The van der Waals surface area contributed by atoms with E-state index in [9.17, 15) is 14.7 Å². The van der Waals surface area contributed by atoms with Crippen molar-refractivity contribution < 1.29 is 14.7 Å². The predicted octanol–water partition coefficient (Wildman–Crippen LogP) is 2.32. The van der Waals surface area contributed by atoms with Crippen molar-refractivity contribution in [2.24, 2.45) is 5.92 Å². The summed E-state index contributed by atoms with van der Waals surface area (Å²) >= 11 is 0. The Morgan fingerprint density at radius 1 is 1.38 bits per heavy atom. The van der Waals surface area contributed by atoms with Crippen LogP contribution in [0, 0.1) is 17.2 Å². The van der Waals surface area contributed by atoms with Gasteiger partial charge in [-0.1, -0.05) is 19.8 Å². The molecule has 0 spiro atoms. The molecule has 5 nitrogen and oxygen atoms in total. The number of hydrogen-bond donors (Lipinski definition) is 2. The molecule has 1 aromatic rings. The number of amides is 1. The number of carbonyl (C=O) groups is 2.